The molecule has 0 spiro atoms. The van der Waals surface area contributed by atoms with E-state index < -0.39 is 0 Å². The Morgan fingerprint density at radius 2 is 2.27 bits per heavy atom. The summed E-state index contributed by atoms with van der Waals surface area (Å²) in [4.78, 5) is 35.2. The lowest BCUT2D eigenvalue weighted by atomic mass is 10.0. The minimum Gasteiger partial charge on any atom is -0.349 e. The van der Waals surface area contributed by atoms with Gasteiger partial charge in [-0.05, 0) is 42.9 Å². The predicted molar refractivity (Wildman–Crippen MR) is 121 cm³/mol. The molecule has 5 rings (SSSR count). The first-order valence-corrected chi connectivity index (χ1v) is 12.9. The number of carbonyl (C=O) groups is 1. The van der Waals surface area contributed by atoms with E-state index in [4.69, 9.17) is 0 Å². The Morgan fingerprint density at radius 3 is 3.17 bits per heavy atom. The fraction of sp³-hybridized carbons (Fsp3) is 0.381. The van der Waals surface area contributed by atoms with Gasteiger partial charge in [-0.2, -0.15) is 0 Å². The fourth-order valence-electron chi connectivity index (χ4n) is 4.13. The van der Waals surface area contributed by atoms with Gasteiger partial charge >= 0.3 is 0 Å². The van der Waals surface area contributed by atoms with E-state index >= 15 is 0 Å². The molecule has 1 aliphatic carbocycles. The van der Waals surface area contributed by atoms with Crippen LogP contribution in [0.2, 0.25) is 0 Å². The first-order valence-electron chi connectivity index (χ1n) is 9.92. The van der Waals surface area contributed by atoms with Gasteiger partial charge in [0.1, 0.15) is 16.5 Å². The lowest BCUT2D eigenvalue weighted by Gasteiger charge is -2.26. The summed E-state index contributed by atoms with van der Waals surface area (Å²) >= 11 is 4.54. The summed E-state index contributed by atoms with van der Waals surface area (Å²) in [5, 5.41) is 3.78. The Bertz CT molecular complexity index is 1190. The standard InChI is InChI=1S/C21H20FN3O2S3/c22-13-5-1-3-11-14(7-8-29-19(11)13)23-17(26)10-28-9-16-24-20(27)18-12-4-2-6-15(12)30-21(18)25-16/h1,3,5,14H,2,4,6-10H2,(H,23,26)(H,24,25,27)/t14-/m0/s1. The number of aromatic nitrogens is 2. The largest absolute Gasteiger partial charge is 0.349 e. The van der Waals surface area contributed by atoms with Crippen molar-refractivity contribution in [2.75, 3.05) is 11.5 Å². The average molecular weight is 462 g/mol. The highest BCUT2D eigenvalue weighted by Gasteiger charge is 2.24. The minimum absolute atomic E-state index is 0.0715. The molecular weight excluding hydrogens is 441 g/mol. The van der Waals surface area contributed by atoms with Crippen molar-refractivity contribution in [2.45, 2.75) is 42.4 Å². The van der Waals surface area contributed by atoms with Crippen molar-refractivity contribution < 1.29 is 9.18 Å². The van der Waals surface area contributed by atoms with Crippen molar-refractivity contribution in [1.29, 1.82) is 0 Å². The maximum atomic E-state index is 14.0. The number of thiophene rings is 1. The topological polar surface area (TPSA) is 74.8 Å². The maximum Gasteiger partial charge on any atom is 0.259 e. The summed E-state index contributed by atoms with van der Waals surface area (Å²) in [6, 6.07) is 4.86. The molecule has 1 atom stereocenters. The molecule has 30 heavy (non-hydrogen) atoms. The summed E-state index contributed by atoms with van der Waals surface area (Å²) in [5.41, 5.74) is 1.95. The number of benzene rings is 1. The van der Waals surface area contributed by atoms with Crippen molar-refractivity contribution in [1.82, 2.24) is 15.3 Å². The molecule has 2 N–H and O–H groups in total. The molecule has 0 saturated heterocycles. The third-order valence-corrected chi connectivity index (χ3v) is 8.75. The number of nitrogens with zero attached hydrogens (tertiary/aromatic N) is 1. The van der Waals surface area contributed by atoms with Gasteiger partial charge in [-0.1, -0.05) is 12.1 Å². The van der Waals surface area contributed by atoms with E-state index in [0.29, 0.717) is 16.5 Å². The number of carbonyl (C=O) groups excluding carboxylic acids is 1. The van der Waals surface area contributed by atoms with Crippen LogP contribution >= 0.6 is 34.9 Å². The summed E-state index contributed by atoms with van der Waals surface area (Å²) in [7, 11) is 0. The molecule has 0 bridgehead atoms. The van der Waals surface area contributed by atoms with E-state index in [-0.39, 0.29) is 29.1 Å². The van der Waals surface area contributed by atoms with Crippen LogP contribution in [0.1, 0.15) is 40.7 Å². The Morgan fingerprint density at radius 1 is 1.37 bits per heavy atom. The second-order valence-electron chi connectivity index (χ2n) is 7.46. The van der Waals surface area contributed by atoms with Gasteiger partial charge < -0.3 is 10.3 Å². The van der Waals surface area contributed by atoms with Crippen LogP contribution in [0.25, 0.3) is 10.2 Å². The zero-order valence-electron chi connectivity index (χ0n) is 16.1. The SMILES string of the molecule is O=C(CSCc1nc2sc3c(c2c(=O)[nH]1)CCC3)N[C@H]1CCSc2c(F)cccc21. The van der Waals surface area contributed by atoms with Gasteiger partial charge in [0.25, 0.3) is 5.56 Å². The van der Waals surface area contributed by atoms with E-state index in [9.17, 15) is 14.0 Å². The quantitative estimate of drug-likeness (QED) is 0.596. The number of halogens is 1. The Hall–Kier alpha value is -1.84. The van der Waals surface area contributed by atoms with E-state index in [1.165, 1.54) is 40.0 Å². The summed E-state index contributed by atoms with van der Waals surface area (Å²) in [6.07, 6.45) is 3.89. The number of thioether (sulfide) groups is 2. The van der Waals surface area contributed by atoms with E-state index in [0.717, 1.165) is 47.2 Å². The molecule has 5 nitrogen and oxygen atoms in total. The molecule has 2 aromatic heterocycles. The van der Waals surface area contributed by atoms with Gasteiger partial charge in [0.2, 0.25) is 5.91 Å². The zero-order valence-corrected chi connectivity index (χ0v) is 18.6. The van der Waals surface area contributed by atoms with Crippen LogP contribution in [0.4, 0.5) is 4.39 Å². The van der Waals surface area contributed by atoms with Crippen molar-refractivity contribution in [3.8, 4) is 0 Å². The molecule has 0 saturated carbocycles. The van der Waals surface area contributed by atoms with Crippen LogP contribution in [-0.4, -0.2) is 27.4 Å². The molecule has 1 aromatic carbocycles. The highest BCUT2D eigenvalue weighted by molar-refractivity contribution is 7.99. The Kier molecular flexibility index (Phi) is 5.59. The van der Waals surface area contributed by atoms with Crippen molar-refractivity contribution in [3.05, 3.63) is 56.2 Å². The number of H-pyrrole nitrogens is 1. The molecule has 2 aliphatic rings. The van der Waals surface area contributed by atoms with Gasteiger partial charge in [0.15, 0.2) is 0 Å². The van der Waals surface area contributed by atoms with E-state index in [2.05, 4.69) is 15.3 Å². The van der Waals surface area contributed by atoms with Gasteiger partial charge in [-0.3, -0.25) is 9.59 Å². The highest BCUT2D eigenvalue weighted by atomic mass is 32.2. The second-order valence-corrected chi connectivity index (χ2v) is 10.6. The average Bonchev–Trinajstić information content (AvgIpc) is 3.29. The second kappa shape index (κ2) is 8.36. The smallest absolute Gasteiger partial charge is 0.259 e. The van der Waals surface area contributed by atoms with Crippen molar-refractivity contribution in [2.24, 2.45) is 0 Å². The first-order chi connectivity index (χ1) is 14.6. The van der Waals surface area contributed by atoms with Gasteiger partial charge in [0.05, 0.1) is 22.9 Å². The van der Waals surface area contributed by atoms with Crippen LogP contribution in [0.5, 0.6) is 0 Å². The number of hydrogen-bond acceptors (Lipinski definition) is 6. The summed E-state index contributed by atoms with van der Waals surface area (Å²) in [5.74, 6) is 1.79. The Labute approximate surface area is 185 Å². The number of hydrogen-bond donors (Lipinski definition) is 2. The monoisotopic (exact) mass is 461 g/mol. The van der Waals surface area contributed by atoms with Crippen LogP contribution in [-0.2, 0) is 23.4 Å². The first kappa shape index (κ1) is 20.1. The summed E-state index contributed by atoms with van der Waals surface area (Å²) < 4.78 is 14.0. The van der Waals surface area contributed by atoms with Gasteiger partial charge in [-0.25, -0.2) is 9.37 Å². The lowest BCUT2D eigenvalue weighted by Crippen LogP contribution is -2.32. The predicted octanol–water partition coefficient (Wildman–Crippen LogP) is 4.20. The number of fused-ring (bicyclic) bond motifs is 4. The minimum atomic E-state index is -0.226. The normalized spacial score (nSPS) is 17.7. The zero-order chi connectivity index (χ0) is 20.7. The molecule has 3 aromatic rings. The molecular formula is C21H20FN3O2S3. The lowest BCUT2D eigenvalue weighted by molar-refractivity contribution is -0.119. The van der Waals surface area contributed by atoms with E-state index in [1.807, 2.05) is 6.07 Å². The number of aryl methyl sites for hydroxylation is 2. The maximum absolute atomic E-state index is 14.0. The molecule has 0 fully saturated rings. The highest BCUT2D eigenvalue weighted by Crippen LogP contribution is 2.38. The molecule has 9 heteroatoms. The molecule has 0 unspecified atom stereocenters. The van der Waals surface area contributed by atoms with Crippen LogP contribution < -0.4 is 10.9 Å². The van der Waals surface area contributed by atoms with Crippen LogP contribution in [0.15, 0.2) is 27.9 Å². The van der Waals surface area contributed by atoms with Crippen LogP contribution in [0.3, 0.4) is 0 Å². The molecule has 156 valence electrons. The molecule has 3 heterocycles. The third kappa shape index (κ3) is 3.78. The molecule has 0 radical (unpaired) electrons. The molecule has 1 aliphatic heterocycles. The van der Waals surface area contributed by atoms with Gasteiger partial charge in [0, 0.05) is 15.5 Å². The van der Waals surface area contributed by atoms with Crippen LogP contribution in [0, 0.1) is 5.82 Å². The van der Waals surface area contributed by atoms with Crippen molar-refractivity contribution >= 4 is 51.0 Å². The number of aromatic amines is 1. The molecule has 1 amide bonds. The van der Waals surface area contributed by atoms with Gasteiger partial charge in [-0.15, -0.1) is 34.9 Å². The Balaban J connectivity index is 1.21. The van der Waals surface area contributed by atoms with E-state index in [1.54, 1.807) is 17.4 Å². The van der Waals surface area contributed by atoms with Crippen molar-refractivity contribution in [3.63, 3.8) is 0 Å². The fourth-order valence-corrected chi connectivity index (χ4v) is 7.25. The number of rotatable bonds is 5. The third-order valence-electron chi connectivity index (χ3n) is 5.46. The summed E-state index contributed by atoms with van der Waals surface area (Å²) in [6.45, 7) is 0. The number of nitrogens with one attached hydrogen (secondary N) is 2. The number of amides is 1.